The molecule has 2 rings (SSSR count). The number of thiazole rings is 1. The van der Waals surface area contributed by atoms with Gasteiger partial charge in [0.25, 0.3) is 5.91 Å². The Bertz CT molecular complexity index is 683. The maximum absolute atomic E-state index is 11.9. The number of benzene rings is 1. The average molecular weight is 292 g/mol. The third kappa shape index (κ3) is 3.16. The lowest BCUT2D eigenvalue weighted by Gasteiger charge is -2.04. The summed E-state index contributed by atoms with van der Waals surface area (Å²) in [7, 11) is 1.68. The fourth-order valence-corrected chi connectivity index (χ4v) is 3.05. The van der Waals surface area contributed by atoms with Gasteiger partial charge in [0.2, 0.25) is 0 Å². The molecule has 1 heterocycles. The Morgan fingerprint density at radius 2 is 2.20 bits per heavy atom. The standard InChI is InChI=1S/C15H20N2O2S/c1-10(2)14(18)16-15-17(7-8-19-4)12-6-5-11(3)9-13(12)20-15/h5-6,9-10H,7-8H2,1-4H3. The first-order chi connectivity index (χ1) is 9.52. The zero-order chi connectivity index (χ0) is 14.7. The van der Waals surface area contributed by atoms with E-state index in [0.29, 0.717) is 13.2 Å². The van der Waals surface area contributed by atoms with Crippen molar-refractivity contribution in [3.8, 4) is 0 Å². The van der Waals surface area contributed by atoms with Crippen molar-refractivity contribution in [2.45, 2.75) is 27.3 Å². The molecule has 5 heteroatoms. The maximum atomic E-state index is 11.9. The Morgan fingerprint density at radius 1 is 1.45 bits per heavy atom. The van der Waals surface area contributed by atoms with Crippen LogP contribution in [0.2, 0.25) is 0 Å². The molecular weight excluding hydrogens is 272 g/mol. The lowest BCUT2D eigenvalue weighted by Crippen LogP contribution is -2.20. The minimum absolute atomic E-state index is 0.0838. The Hall–Kier alpha value is -1.46. The van der Waals surface area contributed by atoms with Gasteiger partial charge in [-0.15, -0.1) is 0 Å². The van der Waals surface area contributed by atoms with Gasteiger partial charge in [0, 0.05) is 19.6 Å². The van der Waals surface area contributed by atoms with Gasteiger partial charge in [0.1, 0.15) is 0 Å². The second-order valence-electron chi connectivity index (χ2n) is 5.10. The second kappa shape index (κ2) is 6.33. The molecule has 0 fully saturated rings. The van der Waals surface area contributed by atoms with Gasteiger partial charge < -0.3 is 9.30 Å². The van der Waals surface area contributed by atoms with E-state index >= 15 is 0 Å². The van der Waals surface area contributed by atoms with Crippen molar-refractivity contribution in [1.29, 1.82) is 0 Å². The highest BCUT2D eigenvalue weighted by Gasteiger charge is 2.10. The van der Waals surface area contributed by atoms with Crippen LogP contribution in [0.15, 0.2) is 23.2 Å². The first kappa shape index (κ1) is 14.9. The molecule has 108 valence electrons. The van der Waals surface area contributed by atoms with Crippen LogP contribution in [0.25, 0.3) is 10.2 Å². The van der Waals surface area contributed by atoms with E-state index in [1.54, 1.807) is 18.4 Å². The third-order valence-electron chi connectivity index (χ3n) is 3.06. The summed E-state index contributed by atoms with van der Waals surface area (Å²) in [6, 6.07) is 6.28. The monoisotopic (exact) mass is 292 g/mol. The number of amides is 1. The third-order valence-corrected chi connectivity index (χ3v) is 4.10. The predicted octanol–water partition coefficient (Wildman–Crippen LogP) is 2.74. The molecule has 0 aliphatic carbocycles. The fraction of sp³-hybridized carbons (Fsp3) is 0.467. The van der Waals surface area contributed by atoms with Crippen LogP contribution in [0.5, 0.6) is 0 Å². The van der Waals surface area contributed by atoms with Crippen molar-refractivity contribution in [1.82, 2.24) is 4.57 Å². The second-order valence-corrected chi connectivity index (χ2v) is 6.11. The molecule has 0 unspecified atom stereocenters. The number of ether oxygens (including phenoxy) is 1. The highest BCUT2D eigenvalue weighted by atomic mass is 32.1. The van der Waals surface area contributed by atoms with Gasteiger partial charge in [-0.1, -0.05) is 31.3 Å². The minimum Gasteiger partial charge on any atom is -0.383 e. The number of nitrogens with zero attached hydrogens (tertiary/aromatic N) is 2. The molecule has 0 aliphatic rings. The summed E-state index contributed by atoms with van der Waals surface area (Å²) in [4.78, 5) is 16.9. The molecule has 1 amide bonds. The smallest absolute Gasteiger partial charge is 0.250 e. The largest absolute Gasteiger partial charge is 0.383 e. The molecule has 0 atom stereocenters. The molecule has 0 N–H and O–H groups in total. The number of carbonyl (C=O) groups excluding carboxylic acids is 1. The normalized spacial score (nSPS) is 12.6. The number of methoxy groups -OCH3 is 1. The van der Waals surface area contributed by atoms with E-state index < -0.39 is 0 Å². The molecule has 0 saturated heterocycles. The van der Waals surface area contributed by atoms with Crippen LogP contribution >= 0.6 is 11.3 Å². The topological polar surface area (TPSA) is 43.6 Å². The summed E-state index contributed by atoms with van der Waals surface area (Å²) in [5.41, 5.74) is 2.31. The minimum atomic E-state index is -0.0853. The summed E-state index contributed by atoms with van der Waals surface area (Å²) in [5.74, 6) is -0.169. The predicted molar refractivity (Wildman–Crippen MR) is 81.8 cm³/mol. The van der Waals surface area contributed by atoms with E-state index in [4.69, 9.17) is 4.74 Å². The Morgan fingerprint density at radius 3 is 2.85 bits per heavy atom. The van der Waals surface area contributed by atoms with E-state index in [1.165, 1.54) is 5.56 Å². The Balaban J connectivity index is 2.59. The van der Waals surface area contributed by atoms with Gasteiger partial charge in [-0.05, 0) is 24.6 Å². The molecule has 0 bridgehead atoms. The van der Waals surface area contributed by atoms with Gasteiger partial charge in [-0.2, -0.15) is 4.99 Å². The molecular formula is C15H20N2O2S. The molecule has 1 aromatic carbocycles. The number of hydrogen-bond acceptors (Lipinski definition) is 3. The van der Waals surface area contributed by atoms with Crippen LogP contribution in [0.1, 0.15) is 19.4 Å². The van der Waals surface area contributed by atoms with Crippen molar-refractivity contribution in [2.75, 3.05) is 13.7 Å². The summed E-state index contributed by atoms with van der Waals surface area (Å²) < 4.78 is 8.36. The molecule has 0 radical (unpaired) electrons. The molecule has 0 aliphatic heterocycles. The molecule has 1 aromatic heterocycles. The zero-order valence-corrected chi connectivity index (χ0v) is 13.2. The van der Waals surface area contributed by atoms with E-state index in [0.717, 1.165) is 15.0 Å². The van der Waals surface area contributed by atoms with Crippen LogP contribution in [-0.2, 0) is 16.1 Å². The number of aromatic nitrogens is 1. The van der Waals surface area contributed by atoms with Crippen LogP contribution < -0.4 is 4.80 Å². The van der Waals surface area contributed by atoms with Gasteiger partial charge >= 0.3 is 0 Å². The molecule has 0 saturated carbocycles. The molecule has 4 nitrogen and oxygen atoms in total. The van der Waals surface area contributed by atoms with Crippen LogP contribution in [0.4, 0.5) is 0 Å². The number of hydrogen-bond donors (Lipinski definition) is 0. The fourth-order valence-electron chi connectivity index (χ4n) is 1.89. The first-order valence-corrected chi connectivity index (χ1v) is 7.52. The first-order valence-electron chi connectivity index (χ1n) is 6.70. The average Bonchev–Trinajstić information content (AvgIpc) is 2.72. The summed E-state index contributed by atoms with van der Waals surface area (Å²) in [6.07, 6.45) is 0. The Labute approximate surface area is 122 Å². The quantitative estimate of drug-likeness (QED) is 0.869. The van der Waals surface area contributed by atoms with Crippen molar-refractivity contribution in [3.63, 3.8) is 0 Å². The summed E-state index contributed by atoms with van der Waals surface area (Å²) in [6.45, 7) is 7.09. The summed E-state index contributed by atoms with van der Waals surface area (Å²) >= 11 is 1.55. The SMILES string of the molecule is COCCn1c(=NC(=O)C(C)C)sc2cc(C)ccc21. The maximum Gasteiger partial charge on any atom is 0.250 e. The van der Waals surface area contributed by atoms with Crippen LogP contribution in [0, 0.1) is 12.8 Å². The number of carbonyl (C=O) groups is 1. The van der Waals surface area contributed by atoms with E-state index in [2.05, 4.69) is 34.7 Å². The van der Waals surface area contributed by atoms with E-state index in [-0.39, 0.29) is 11.8 Å². The van der Waals surface area contributed by atoms with Gasteiger partial charge in [0.15, 0.2) is 4.80 Å². The number of rotatable bonds is 4. The number of aryl methyl sites for hydroxylation is 1. The number of fused-ring (bicyclic) bond motifs is 1. The Kier molecular flexibility index (Phi) is 4.73. The zero-order valence-electron chi connectivity index (χ0n) is 12.3. The molecule has 2 aromatic rings. The van der Waals surface area contributed by atoms with Crippen molar-refractivity contribution >= 4 is 27.5 Å². The molecule has 0 spiro atoms. The van der Waals surface area contributed by atoms with Gasteiger partial charge in [0.05, 0.1) is 16.8 Å². The van der Waals surface area contributed by atoms with E-state index in [9.17, 15) is 4.79 Å². The molecule has 20 heavy (non-hydrogen) atoms. The van der Waals surface area contributed by atoms with Crippen LogP contribution in [0.3, 0.4) is 0 Å². The van der Waals surface area contributed by atoms with Crippen molar-refractivity contribution < 1.29 is 9.53 Å². The highest BCUT2D eigenvalue weighted by Crippen LogP contribution is 2.19. The lowest BCUT2D eigenvalue weighted by molar-refractivity contribution is -0.120. The van der Waals surface area contributed by atoms with Gasteiger partial charge in [-0.3, -0.25) is 4.79 Å². The summed E-state index contributed by atoms with van der Waals surface area (Å²) in [5, 5.41) is 0. The van der Waals surface area contributed by atoms with Gasteiger partial charge in [-0.25, -0.2) is 0 Å². The van der Waals surface area contributed by atoms with E-state index in [1.807, 2.05) is 13.8 Å². The highest BCUT2D eigenvalue weighted by molar-refractivity contribution is 7.16. The van der Waals surface area contributed by atoms with Crippen LogP contribution in [-0.4, -0.2) is 24.2 Å². The van der Waals surface area contributed by atoms with Crippen molar-refractivity contribution in [3.05, 3.63) is 28.6 Å². The van der Waals surface area contributed by atoms with Crippen molar-refractivity contribution in [2.24, 2.45) is 10.9 Å². The lowest BCUT2D eigenvalue weighted by atomic mass is 10.2.